The molecule has 1 aromatic heterocycles. The van der Waals surface area contributed by atoms with E-state index in [-0.39, 0.29) is 5.91 Å². The summed E-state index contributed by atoms with van der Waals surface area (Å²) in [7, 11) is 4.05. The summed E-state index contributed by atoms with van der Waals surface area (Å²) < 4.78 is 0. The van der Waals surface area contributed by atoms with Crippen LogP contribution in [0.1, 0.15) is 12.0 Å². The first-order valence-electron chi connectivity index (χ1n) is 6.19. The maximum atomic E-state index is 11.5. The molecule has 0 bridgehead atoms. The van der Waals surface area contributed by atoms with Crippen molar-refractivity contribution in [3.8, 4) is 0 Å². The predicted octanol–water partition coefficient (Wildman–Crippen LogP) is 0.239. The molecule has 2 N–H and O–H groups in total. The summed E-state index contributed by atoms with van der Waals surface area (Å²) in [6, 6.07) is 3.87. The Bertz CT molecular complexity index is 340. The number of nitrogens with one attached hydrogen (secondary N) is 2. The van der Waals surface area contributed by atoms with Crippen LogP contribution in [0.4, 0.5) is 0 Å². The van der Waals surface area contributed by atoms with Gasteiger partial charge >= 0.3 is 0 Å². The number of amides is 1. The lowest BCUT2D eigenvalue weighted by molar-refractivity contribution is -0.120. The second-order valence-electron chi connectivity index (χ2n) is 4.47. The van der Waals surface area contributed by atoms with Crippen molar-refractivity contribution >= 4 is 5.91 Å². The molecule has 0 saturated heterocycles. The van der Waals surface area contributed by atoms with E-state index >= 15 is 0 Å². The molecule has 0 unspecified atom stereocenters. The molecule has 0 aliphatic carbocycles. The van der Waals surface area contributed by atoms with E-state index in [0.717, 1.165) is 25.1 Å². The van der Waals surface area contributed by atoms with Gasteiger partial charge in [0.15, 0.2) is 0 Å². The maximum absolute atomic E-state index is 11.5. The second-order valence-corrected chi connectivity index (χ2v) is 4.47. The summed E-state index contributed by atoms with van der Waals surface area (Å²) in [6.07, 6.45) is 4.47. The second kappa shape index (κ2) is 8.60. The smallest absolute Gasteiger partial charge is 0.233 e. The van der Waals surface area contributed by atoms with Crippen molar-refractivity contribution in [1.82, 2.24) is 20.5 Å². The van der Waals surface area contributed by atoms with E-state index in [1.807, 2.05) is 26.2 Å². The average molecular weight is 250 g/mol. The van der Waals surface area contributed by atoms with Crippen LogP contribution in [0.15, 0.2) is 24.5 Å². The predicted molar refractivity (Wildman–Crippen MR) is 72.1 cm³/mol. The number of pyridine rings is 1. The van der Waals surface area contributed by atoms with Crippen molar-refractivity contribution in [2.24, 2.45) is 0 Å². The van der Waals surface area contributed by atoms with E-state index in [9.17, 15) is 4.79 Å². The van der Waals surface area contributed by atoms with Crippen molar-refractivity contribution in [3.63, 3.8) is 0 Å². The van der Waals surface area contributed by atoms with E-state index in [1.165, 1.54) is 0 Å². The molecule has 1 amide bonds. The van der Waals surface area contributed by atoms with E-state index < -0.39 is 0 Å². The summed E-state index contributed by atoms with van der Waals surface area (Å²) in [5.41, 5.74) is 1.13. The third kappa shape index (κ3) is 6.98. The number of carbonyl (C=O) groups is 1. The zero-order valence-electron chi connectivity index (χ0n) is 11.1. The summed E-state index contributed by atoms with van der Waals surface area (Å²) >= 11 is 0. The lowest BCUT2D eigenvalue weighted by Gasteiger charge is -2.10. The molecule has 1 aromatic rings. The molecule has 5 heteroatoms. The Morgan fingerprint density at radius 1 is 1.33 bits per heavy atom. The van der Waals surface area contributed by atoms with E-state index in [2.05, 4.69) is 20.5 Å². The molecule has 0 aromatic carbocycles. The largest absolute Gasteiger partial charge is 0.355 e. The lowest BCUT2D eigenvalue weighted by Crippen LogP contribution is -2.35. The number of nitrogens with zero attached hydrogens (tertiary/aromatic N) is 2. The minimum absolute atomic E-state index is 0.0443. The van der Waals surface area contributed by atoms with Crippen molar-refractivity contribution in [3.05, 3.63) is 30.1 Å². The van der Waals surface area contributed by atoms with Gasteiger partial charge in [-0.05, 0) is 44.8 Å². The molecule has 0 saturated carbocycles. The molecule has 0 spiro atoms. The minimum Gasteiger partial charge on any atom is -0.355 e. The highest BCUT2D eigenvalue weighted by Gasteiger charge is 2.00. The molecule has 0 fully saturated rings. The monoisotopic (exact) mass is 250 g/mol. The zero-order valence-corrected chi connectivity index (χ0v) is 11.1. The average Bonchev–Trinajstić information content (AvgIpc) is 2.36. The van der Waals surface area contributed by atoms with Crippen LogP contribution in [0.25, 0.3) is 0 Å². The van der Waals surface area contributed by atoms with Gasteiger partial charge in [0.25, 0.3) is 0 Å². The highest BCUT2D eigenvalue weighted by molar-refractivity contribution is 5.77. The summed E-state index contributed by atoms with van der Waals surface area (Å²) in [6.45, 7) is 2.76. The fourth-order valence-electron chi connectivity index (χ4n) is 1.51. The maximum Gasteiger partial charge on any atom is 0.233 e. The molecule has 1 heterocycles. The summed E-state index contributed by atoms with van der Waals surface area (Å²) in [5, 5.41) is 5.98. The van der Waals surface area contributed by atoms with E-state index in [0.29, 0.717) is 13.1 Å². The SMILES string of the molecule is CN(C)CCCNC(=O)CNCc1ccncc1. The molecule has 5 nitrogen and oxygen atoms in total. The van der Waals surface area contributed by atoms with Crippen molar-refractivity contribution in [2.75, 3.05) is 33.7 Å². The fourth-order valence-corrected chi connectivity index (χ4v) is 1.51. The van der Waals surface area contributed by atoms with Crippen molar-refractivity contribution in [2.45, 2.75) is 13.0 Å². The highest BCUT2D eigenvalue weighted by Crippen LogP contribution is 1.93. The molecule has 0 radical (unpaired) electrons. The number of hydrogen-bond donors (Lipinski definition) is 2. The first-order valence-corrected chi connectivity index (χ1v) is 6.19. The van der Waals surface area contributed by atoms with Gasteiger partial charge in [-0.1, -0.05) is 0 Å². The van der Waals surface area contributed by atoms with Crippen LogP contribution >= 0.6 is 0 Å². The fraction of sp³-hybridized carbons (Fsp3) is 0.538. The van der Waals surface area contributed by atoms with Crippen LogP contribution in [-0.4, -0.2) is 49.5 Å². The van der Waals surface area contributed by atoms with Gasteiger partial charge in [-0.2, -0.15) is 0 Å². The van der Waals surface area contributed by atoms with Crippen LogP contribution in [0.5, 0.6) is 0 Å². The topological polar surface area (TPSA) is 57.3 Å². The van der Waals surface area contributed by atoms with Crippen LogP contribution in [0.2, 0.25) is 0 Å². The van der Waals surface area contributed by atoms with Gasteiger partial charge in [0.2, 0.25) is 5.91 Å². The Labute approximate surface area is 109 Å². The van der Waals surface area contributed by atoms with Crippen LogP contribution in [-0.2, 0) is 11.3 Å². The summed E-state index contributed by atoms with van der Waals surface area (Å²) in [5.74, 6) is 0.0443. The first kappa shape index (κ1) is 14.6. The number of hydrogen-bond acceptors (Lipinski definition) is 4. The molecule has 0 atom stereocenters. The molecular formula is C13H22N4O. The van der Waals surface area contributed by atoms with Crippen molar-refractivity contribution < 1.29 is 4.79 Å². The lowest BCUT2D eigenvalue weighted by atomic mass is 10.3. The Balaban J connectivity index is 2.03. The van der Waals surface area contributed by atoms with Gasteiger partial charge in [0, 0.05) is 25.5 Å². The Hall–Kier alpha value is -1.46. The Morgan fingerprint density at radius 2 is 2.06 bits per heavy atom. The molecule has 100 valence electrons. The zero-order chi connectivity index (χ0) is 13.2. The van der Waals surface area contributed by atoms with E-state index in [4.69, 9.17) is 0 Å². The quantitative estimate of drug-likeness (QED) is 0.649. The van der Waals surface area contributed by atoms with Gasteiger partial charge < -0.3 is 15.5 Å². The minimum atomic E-state index is 0.0443. The molecule has 0 aliphatic heterocycles. The van der Waals surface area contributed by atoms with Crippen LogP contribution in [0.3, 0.4) is 0 Å². The number of carbonyl (C=O) groups excluding carboxylic acids is 1. The van der Waals surface area contributed by atoms with Crippen molar-refractivity contribution in [1.29, 1.82) is 0 Å². The Kier molecular flexibility index (Phi) is 6.98. The number of rotatable bonds is 8. The third-order valence-electron chi connectivity index (χ3n) is 2.47. The first-order chi connectivity index (χ1) is 8.68. The van der Waals surface area contributed by atoms with Crippen LogP contribution in [0, 0.1) is 0 Å². The van der Waals surface area contributed by atoms with E-state index in [1.54, 1.807) is 12.4 Å². The third-order valence-corrected chi connectivity index (χ3v) is 2.47. The Morgan fingerprint density at radius 3 is 2.72 bits per heavy atom. The number of aromatic nitrogens is 1. The molecule has 1 rings (SSSR count). The standard InChI is InChI=1S/C13H22N4O/c1-17(2)9-3-6-16-13(18)11-15-10-12-4-7-14-8-5-12/h4-5,7-8,15H,3,6,9-11H2,1-2H3,(H,16,18). The molecule has 0 aliphatic rings. The van der Waals surface area contributed by atoms with Gasteiger partial charge in [-0.15, -0.1) is 0 Å². The van der Waals surface area contributed by atoms with Gasteiger partial charge in [-0.3, -0.25) is 9.78 Å². The summed E-state index contributed by atoms with van der Waals surface area (Å²) in [4.78, 5) is 17.5. The highest BCUT2D eigenvalue weighted by atomic mass is 16.1. The van der Waals surface area contributed by atoms with Gasteiger partial charge in [-0.25, -0.2) is 0 Å². The van der Waals surface area contributed by atoms with Crippen LogP contribution < -0.4 is 10.6 Å². The molecule has 18 heavy (non-hydrogen) atoms. The van der Waals surface area contributed by atoms with Gasteiger partial charge in [0.05, 0.1) is 6.54 Å². The normalized spacial score (nSPS) is 10.6. The molecular weight excluding hydrogens is 228 g/mol. The van der Waals surface area contributed by atoms with Gasteiger partial charge in [0.1, 0.15) is 0 Å².